The van der Waals surface area contributed by atoms with Crippen LogP contribution in [0.3, 0.4) is 0 Å². The molecule has 0 aliphatic rings. The summed E-state index contributed by atoms with van der Waals surface area (Å²) >= 11 is 0. The summed E-state index contributed by atoms with van der Waals surface area (Å²) in [6, 6.07) is 2.20. The number of benzene rings is 1. The minimum Gasteiger partial charge on any atom is -0.370 e. The Hall–Kier alpha value is -5.23. The Morgan fingerprint density at radius 1 is 0.563 bits per heavy atom. The average molecular weight is 995 g/mol. The maximum atomic E-state index is 14.4. The Labute approximate surface area is 424 Å². The largest absolute Gasteiger partial charge is 0.370 e. The third-order valence-electron chi connectivity index (χ3n) is 13.3. The minimum atomic E-state index is -1.17. The fraction of sp³-hybridized carbons (Fsp3) is 0.717. The molecule has 0 radical (unpaired) electrons. The summed E-state index contributed by atoms with van der Waals surface area (Å²) in [6.07, 6.45) is 24.1. The molecule has 0 aliphatic carbocycles. The molecule has 0 spiro atoms. The van der Waals surface area contributed by atoms with Crippen molar-refractivity contribution in [3.05, 3.63) is 36.0 Å². The number of H-pyrrole nitrogens is 1. The molecule has 0 fully saturated rings. The van der Waals surface area contributed by atoms with E-state index in [9.17, 15) is 28.8 Å². The molecular formula is C53H94N12O6. The second kappa shape index (κ2) is 37.5. The van der Waals surface area contributed by atoms with Gasteiger partial charge < -0.3 is 60.2 Å². The average Bonchev–Trinajstić information content (AvgIpc) is 3.76. The highest BCUT2D eigenvalue weighted by Crippen LogP contribution is 2.20. The van der Waals surface area contributed by atoms with Gasteiger partial charge in [-0.1, -0.05) is 135 Å². The summed E-state index contributed by atoms with van der Waals surface area (Å²) < 4.78 is 0. The van der Waals surface area contributed by atoms with E-state index in [1.165, 1.54) is 70.6 Å². The smallest absolute Gasteiger partial charge is 0.243 e. The lowest BCUT2D eigenvalue weighted by Crippen LogP contribution is -2.60. The highest BCUT2D eigenvalue weighted by Gasteiger charge is 2.34. The zero-order valence-electron chi connectivity index (χ0n) is 43.6. The van der Waals surface area contributed by atoms with Crippen LogP contribution in [0.25, 0.3) is 10.9 Å². The third-order valence-corrected chi connectivity index (χ3v) is 13.3. The first-order chi connectivity index (χ1) is 34.3. The van der Waals surface area contributed by atoms with Gasteiger partial charge in [0.1, 0.15) is 30.2 Å². The summed E-state index contributed by atoms with van der Waals surface area (Å²) in [4.78, 5) is 89.8. The first-order valence-electron chi connectivity index (χ1n) is 27.1. The lowest BCUT2D eigenvalue weighted by atomic mass is 9.96. The zero-order chi connectivity index (χ0) is 52.2. The first-order valence-corrected chi connectivity index (χ1v) is 27.1. The van der Waals surface area contributed by atoms with E-state index >= 15 is 0 Å². The predicted octanol–water partition coefficient (Wildman–Crippen LogP) is 5.24. The molecule has 1 heterocycles. The van der Waals surface area contributed by atoms with Gasteiger partial charge in [0.15, 0.2) is 5.96 Å². The van der Waals surface area contributed by atoms with Gasteiger partial charge in [0, 0.05) is 36.5 Å². The van der Waals surface area contributed by atoms with Crippen LogP contribution in [0, 0.1) is 5.92 Å². The zero-order valence-corrected chi connectivity index (χ0v) is 43.6. The molecule has 0 unspecified atom stereocenters. The number of guanidine groups is 1. The van der Waals surface area contributed by atoms with Crippen LogP contribution >= 0.6 is 0 Å². The van der Waals surface area contributed by atoms with Crippen molar-refractivity contribution in [3.63, 3.8) is 0 Å². The van der Waals surface area contributed by atoms with E-state index in [0.29, 0.717) is 58.0 Å². The minimum absolute atomic E-state index is 0.0562. The number of hydrogen-bond donors (Lipinski definition) is 11. The number of para-hydroxylation sites is 1. The van der Waals surface area contributed by atoms with Crippen LogP contribution in [0.5, 0.6) is 0 Å². The Kier molecular flexibility index (Phi) is 32.7. The van der Waals surface area contributed by atoms with Crippen molar-refractivity contribution in [1.82, 2.24) is 31.6 Å². The van der Waals surface area contributed by atoms with Gasteiger partial charge in [-0.2, -0.15) is 0 Å². The normalized spacial score (nSPS) is 13.8. The van der Waals surface area contributed by atoms with Crippen molar-refractivity contribution in [2.45, 2.75) is 218 Å². The van der Waals surface area contributed by atoms with Crippen LogP contribution in [0.1, 0.15) is 187 Å². The number of nitrogens with one attached hydrogen (secondary N) is 6. The Balaban J connectivity index is 2.18. The molecule has 18 nitrogen and oxygen atoms in total. The van der Waals surface area contributed by atoms with E-state index in [2.05, 4.69) is 43.5 Å². The van der Waals surface area contributed by atoms with Crippen LogP contribution in [0.2, 0.25) is 0 Å². The number of hydrogen-bond acceptors (Lipinski definition) is 9. The molecule has 16 N–H and O–H groups in total. The SMILES string of the molecule is CCCCCCCCCCCCCCCCCC(=O)N[C@@H](CCCN=C(N)N)C(=O)N[C@H](C(=O)N[C@@H](CCCCN)C(=O)N[C@@H](Cc1c[nH]c2ccccc12)C(=O)N[C@@H](CCCCN)C(N)=O)[C@@H](C)CC. The number of rotatable bonds is 42. The molecule has 402 valence electrons. The van der Waals surface area contributed by atoms with Crippen LogP contribution in [0.4, 0.5) is 0 Å². The molecule has 1 aromatic carbocycles. The molecule has 2 rings (SSSR count). The summed E-state index contributed by atoms with van der Waals surface area (Å²) in [5, 5.41) is 15.1. The number of primary amides is 1. The fourth-order valence-corrected chi connectivity index (χ4v) is 8.73. The van der Waals surface area contributed by atoms with Gasteiger partial charge in [0.25, 0.3) is 0 Å². The summed E-state index contributed by atoms with van der Waals surface area (Å²) in [5.74, 6) is -3.84. The number of carbonyl (C=O) groups excluding carboxylic acids is 6. The molecule has 0 saturated carbocycles. The van der Waals surface area contributed by atoms with Crippen molar-refractivity contribution < 1.29 is 28.8 Å². The van der Waals surface area contributed by atoms with Gasteiger partial charge in [0.05, 0.1) is 0 Å². The van der Waals surface area contributed by atoms with Gasteiger partial charge in [-0.05, 0) is 88.4 Å². The summed E-state index contributed by atoms with van der Waals surface area (Å²) in [5.41, 5.74) is 29.9. The van der Waals surface area contributed by atoms with Crippen molar-refractivity contribution >= 4 is 52.3 Å². The molecule has 6 atom stereocenters. The van der Waals surface area contributed by atoms with Gasteiger partial charge in [-0.3, -0.25) is 33.8 Å². The van der Waals surface area contributed by atoms with Crippen molar-refractivity contribution in [3.8, 4) is 0 Å². The van der Waals surface area contributed by atoms with Crippen LogP contribution in [-0.4, -0.2) is 96.2 Å². The number of unbranched alkanes of at least 4 members (excludes halogenated alkanes) is 16. The maximum Gasteiger partial charge on any atom is 0.243 e. The molecule has 0 aliphatic heterocycles. The monoisotopic (exact) mass is 995 g/mol. The highest BCUT2D eigenvalue weighted by atomic mass is 16.2. The number of aromatic amines is 1. The quantitative estimate of drug-likeness (QED) is 0.0233. The van der Waals surface area contributed by atoms with Gasteiger partial charge in [-0.15, -0.1) is 0 Å². The molecule has 6 amide bonds. The number of carbonyl (C=O) groups is 6. The highest BCUT2D eigenvalue weighted by molar-refractivity contribution is 5.97. The van der Waals surface area contributed by atoms with Gasteiger partial charge in [-0.25, -0.2) is 0 Å². The fourth-order valence-electron chi connectivity index (χ4n) is 8.73. The Morgan fingerprint density at radius 3 is 1.62 bits per heavy atom. The lowest BCUT2D eigenvalue weighted by molar-refractivity contribution is -0.136. The number of nitrogens with zero attached hydrogens (tertiary/aromatic N) is 1. The van der Waals surface area contributed by atoms with E-state index in [1.54, 1.807) is 6.20 Å². The Bertz CT molecular complexity index is 1870. The molecule has 0 bridgehead atoms. The lowest BCUT2D eigenvalue weighted by Gasteiger charge is -2.29. The third kappa shape index (κ3) is 26.2. The van der Waals surface area contributed by atoms with E-state index in [-0.39, 0.29) is 56.4 Å². The maximum absolute atomic E-state index is 14.4. The topological polar surface area (TPSA) is 321 Å². The number of aromatic nitrogens is 1. The van der Waals surface area contributed by atoms with Crippen molar-refractivity contribution in [1.29, 1.82) is 0 Å². The molecule has 71 heavy (non-hydrogen) atoms. The molecular weight excluding hydrogens is 901 g/mol. The van der Waals surface area contributed by atoms with E-state index < -0.39 is 59.7 Å². The van der Waals surface area contributed by atoms with Crippen LogP contribution < -0.4 is 55.3 Å². The standard InChI is InChI=1S/C53H94N12O6/c1-4-6-7-8-9-10-11-12-13-14-15-16-17-18-19-32-46(66)61-43(31-26-35-59-53(57)58)50(69)65-47(38(3)5-2)52(71)63-44(30-23-25-34-55)49(68)64-45(36-39-37-60-41-28-21-20-27-40(39)41)51(70)62-42(48(56)67)29-22-24-33-54/h20-21,27-28,37-38,42-45,47,60H,4-19,22-26,29-36,54-55H2,1-3H3,(H2,56,67)(H,61,66)(H,62,70)(H,63,71)(H,64,68)(H,65,69)(H4,57,58,59)/t38-,42-,43-,44-,45-,47-/m0/s1. The summed E-state index contributed by atoms with van der Waals surface area (Å²) in [7, 11) is 0. The van der Waals surface area contributed by atoms with E-state index in [1.807, 2.05) is 38.1 Å². The number of aliphatic imine (C=N–C) groups is 1. The predicted molar refractivity (Wildman–Crippen MR) is 286 cm³/mol. The van der Waals surface area contributed by atoms with E-state index in [0.717, 1.165) is 35.7 Å². The summed E-state index contributed by atoms with van der Waals surface area (Å²) in [6.45, 7) is 6.96. The van der Waals surface area contributed by atoms with E-state index in [4.69, 9.17) is 28.7 Å². The molecule has 2 aromatic rings. The first kappa shape index (κ1) is 61.9. The van der Waals surface area contributed by atoms with Gasteiger partial charge in [0.2, 0.25) is 35.4 Å². The Morgan fingerprint density at radius 2 is 1.06 bits per heavy atom. The van der Waals surface area contributed by atoms with Crippen molar-refractivity contribution in [2.75, 3.05) is 19.6 Å². The van der Waals surface area contributed by atoms with Crippen LogP contribution in [0.15, 0.2) is 35.5 Å². The number of amides is 6. The van der Waals surface area contributed by atoms with Crippen molar-refractivity contribution in [2.24, 2.45) is 39.6 Å². The number of nitrogens with two attached hydrogens (primary N) is 5. The number of fused-ring (bicyclic) bond motifs is 1. The molecule has 1 aromatic heterocycles. The van der Waals surface area contributed by atoms with Gasteiger partial charge >= 0.3 is 0 Å². The van der Waals surface area contributed by atoms with Crippen LogP contribution in [-0.2, 0) is 35.2 Å². The molecule has 18 heteroatoms. The molecule has 0 saturated heterocycles. The second-order valence-electron chi connectivity index (χ2n) is 19.4. The second-order valence-corrected chi connectivity index (χ2v) is 19.4.